The van der Waals surface area contributed by atoms with Crippen molar-refractivity contribution in [3.05, 3.63) is 59.7 Å². The smallest absolute Gasteiger partial charge is 0.408 e. The molecule has 9 heteroatoms. The van der Waals surface area contributed by atoms with Crippen molar-refractivity contribution < 1.29 is 24.2 Å². The lowest BCUT2D eigenvalue weighted by Gasteiger charge is -2.43. The monoisotopic (exact) mass is 541 g/mol. The molecular weight excluding hydrogens is 502 g/mol. The van der Waals surface area contributed by atoms with E-state index < -0.39 is 29.7 Å². The number of rotatable bonds is 10. The van der Waals surface area contributed by atoms with E-state index in [2.05, 4.69) is 10.6 Å². The van der Waals surface area contributed by atoms with Crippen molar-refractivity contribution in [3.8, 4) is 5.75 Å². The molecule has 0 radical (unpaired) electrons. The number of nitrogens with one attached hydrogen (secondary N) is 2. The molecule has 0 heterocycles. The van der Waals surface area contributed by atoms with Crippen LogP contribution in [-0.4, -0.2) is 57.6 Å². The van der Waals surface area contributed by atoms with E-state index in [1.807, 2.05) is 31.4 Å². The van der Waals surface area contributed by atoms with Gasteiger partial charge in [-0.15, -0.1) is 0 Å². The fourth-order valence-electron chi connectivity index (χ4n) is 4.36. The first-order chi connectivity index (χ1) is 18.0. The number of nitrogens with zero attached hydrogens (tertiary/aromatic N) is 1. The van der Waals surface area contributed by atoms with E-state index in [1.54, 1.807) is 61.7 Å². The quantitative estimate of drug-likeness (QED) is 0.371. The Morgan fingerprint density at radius 2 is 1.76 bits per heavy atom. The molecule has 206 valence electrons. The van der Waals surface area contributed by atoms with Crippen LogP contribution in [0.5, 0.6) is 5.75 Å². The fraction of sp³-hybridized carbons (Fsp3) is 0.483. The first-order valence-electron chi connectivity index (χ1n) is 13.0. The van der Waals surface area contributed by atoms with Crippen LogP contribution in [0.4, 0.5) is 10.5 Å². The topological polar surface area (TPSA) is 108 Å². The number of ether oxygens (including phenoxy) is 1. The predicted molar refractivity (Wildman–Crippen MR) is 151 cm³/mol. The van der Waals surface area contributed by atoms with Gasteiger partial charge >= 0.3 is 6.09 Å². The summed E-state index contributed by atoms with van der Waals surface area (Å²) in [4.78, 5) is 42.4. The minimum Gasteiger partial charge on any atom is -0.508 e. The van der Waals surface area contributed by atoms with Gasteiger partial charge in [-0.3, -0.25) is 9.59 Å². The summed E-state index contributed by atoms with van der Waals surface area (Å²) in [5, 5.41) is 16.5. The van der Waals surface area contributed by atoms with Crippen molar-refractivity contribution in [3.63, 3.8) is 0 Å². The van der Waals surface area contributed by atoms with Crippen LogP contribution in [0, 0.1) is 6.92 Å². The SMILES string of the molecule is CSCCC(NC(=O)OC(C)(C)C)C(=O)N(C1CCC1)C(C(=O)Nc1ccccc1C)c1ccccc1O. The van der Waals surface area contributed by atoms with Crippen molar-refractivity contribution in [1.29, 1.82) is 0 Å². The number of phenolic OH excluding ortho intramolecular Hbond substituents is 1. The van der Waals surface area contributed by atoms with Crippen LogP contribution in [0.25, 0.3) is 0 Å². The fourth-order valence-corrected chi connectivity index (χ4v) is 4.83. The zero-order valence-electron chi connectivity index (χ0n) is 22.8. The largest absolute Gasteiger partial charge is 0.508 e. The van der Waals surface area contributed by atoms with Crippen molar-refractivity contribution in [1.82, 2.24) is 10.2 Å². The molecule has 1 aliphatic rings. The Labute approximate surface area is 229 Å². The van der Waals surface area contributed by atoms with E-state index in [9.17, 15) is 19.5 Å². The molecular formula is C29H39N3O5S. The Morgan fingerprint density at radius 3 is 2.34 bits per heavy atom. The van der Waals surface area contributed by atoms with Crippen LogP contribution in [0.3, 0.4) is 0 Å². The second-order valence-corrected chi connectivity index (χ2v) is 11.6. The van der Waals surface area contributed by atoms with Gasteiger partial charge in [0.05, 0.1) is 0 Å². The summed E-state index contributed by atoms with van der Waals surface area (Å²) in [6, 6.07) is 11.8. The minimum absolute atomic E-state index is 0.0738. The molecule has 2 unspecified atom stereocenters. The van der Waals surface area contributed by atoms with Gasteiger partial charge in [-0.25, -0.2) is 4.79 Å². The number of hydrogen-bond acceptors (Lipinski definition) is 6. The third-order valence-corrected chi connectivity index (χ3v) is 7.13. The van der Waals surface area contributed by atoms with Crippen molar-refractivity contribution in [2.45, 2.75) is 77.1 Å². The molecule has 0 aliphatic heterocycles. The Bertz CT molecular complexity index is 1130. The molecule has 3 N–H and O–H groups in total. The molecule has 1 aliphatic carbocycles. The Hall–Kier alpha value is -3.20. The number of aryl methyl sites for hydroxylation is 1. The van der Waals surface area contributed by atoms with Crippen LogP contribution in [0.15, 0.2) is 48.5 Å². The lowest BCUT2D eigenvalue weighted by Crippen LogP contribution is -2.57. The van der Waals surface area contributed by atoms with E-state index in [1.165, 1.54) is 6.07 Å². The molecule has 0 bridgehead atoms. The van der Waals surface area contributed by atoms with Crippen LogP contribution >= 0.6 is 11.8 Å². The zero-order chi connectivity index (χ0) is 27.9. The summed E-state index contributed by atoms with van der Waals surface area (Å²) < 4.78 is 5.44. The van der Waals surface area contributed by atoms with Gasteiger partial charge in [0.15, 0.2) is 0 Å². The number of anilines is 1. The summed E-state index contributed by atoms with van der Waals surface area (Å²) in [7, 11) is 0. The summed E-state index contributed by atoms with van der Waals surface area (Å²) >= 11 is 1.56. The van der Waals surface area contributed by atoms with Crippen molar-refractivity contribution in [2.24, 2.45) is 0 Å². The molecule has 2 atom stereocenters. The number of carbonyl (C=O) groups is 3. The van der Waals surface area contributed by atoms with Gasteiger partial charge in [-0.1, -0.05) is 36.4 Å². The van der Waals surface area contributed by atoms with E-state index in [0.29, 0.717) is 23.4 Å². The van der Waals surface area contributed by atoms with Gasteiger partial charge in [0.2, 0.25) is 5.91 Å². The summed E-state index contributed by atoms with van der Waals surface area (Å²) in [6.07, 6.45) is 4.00. The molecule has 2 aromatic rings. The van der Waals surface area contributed by atoms with Crippen molar-refractivity contribution >= 4 is 35.4 Å². The van der Waals surface area contributed by atoms with Crippen molar-refractivity contribution in [2.75, 3.05) is 17.3 Å². The second kappa shape index (κ2) is 13.0. The van der Waals surface area contributed by atoms with Crippen LogP contribution < -0.4 is 10.6 Å². The van der Waals surface area contributed by atoms with Crippen LogP contribution in [-0.2, 0) is 14.3 Å². The number of aromatic hydroxyl groups is 1. The van der Waals surface area contributed by atoms with Gasteiger partial charge in [0.1, 0.15) is 23.4 Å². The lowest BCUT2D eigenvalue weighted by molar-refractivity contribution is -0.145. The number of phenols is 1. The highest BCUT2D eigenvalue weighted by Gasteiger charge is 2.42. The first kappa shape index (κ1) is 29.4. The average Bonchev–Trinajstić information content (AvgIpc) is 2.81. The molecule has 3 rings (SSSR count). The number of alkyl carbamates (subject to hydrolysis) is 1. The highest BCUT2D eigenvalue weighted by atomic mass is 32.2. The molecule has 0 spiro atoms. The third-order valence-electron chi connectivity index (χ3n) is 6.48. The number of thioether (sulfide) groups is 1. The Morgan fingerprint density at radius 1 is 1.11 bits per heavy atom. The Balaban J connectivity index is 2.02. The van der Waals surface area contributed by atoms with E-state index in [-0.39, 0.29) is 17.7 Å². The summed E-state index contributed by atoms with van der Waals surface area (Å²) in [5.41, 5.74) is 1.11. The molecule has 2 aromatic carbocycles. The summed E-state index contributed by atoms with van der Waals surface area (Å²) in [5.74, 6) is -0.249. The first-order valence-corrected chi connectivity index (χ1v) is 14.4. The maximum Gasteiger partial charge on any atom is 0.408 e. The number of hydrogen-bond donors (Lipinski definition) is 3. The molecule has 1 fully saturated rings. The maximum absolute atomic E-state index is 14.2. The van der Waals surface area contributed by atoms with Gasteiger partial charge in [0.25, 0.3) is 5.91 Å². The molecule has 3 amide bonds. The van der Waals surface area contributed by atoms with E-state index >= 15 is 0 Å². The minimum atomic E-state index is -1.09. The second-order valence-electron chi connectivity index (χ2n) is 10.6. The van der Waals surface area contributed by atoms with Gasteiger partial charge in [-0.2, -0.15) is 11.8 Å². The molecule has 1 saturated carbocycles. The molecule has 0 aromatic heterocycles. The van der Waals surface area contributed by atoms with Crippen LogP contribution in [0.1, 0.15) is 63.6 Å². The number of carbonyl (C=O) groups excluding carboxylic acids is 3. The normalized spacial score (nSPS) is 15.1. The van der Waals surface area contributed by atoms with E-state index in [4.69, 9.17) is 4.74 Å². The molecule has 0 saturated heterocycles. The van der Waals surface area contributed by atoms with Crippen LogP contribution in [0.2, 0.25) is 0 Å². The van der Waals surface area contributed by atoms with E-state index in [0.717, 1.165) is 24.8 Å². The third kappa shape index (κ3) is 7.66. The standard InChI is InChI=1S/C29H39N3O5S/c1-19-11-6-8-15-22(19)30-26(34)25(21-14-7-9-16-24(21)33)32(20-12-10-13-20)27(35)23(17-18-38-5)31-28(36)37-29(2,3)4/h6-9,11,14-16,20,23,25,33H,10,12-13,17-18H2,1-5H3,(H,30,34)(H,31,36). The van der Waals surface area contributed by atoms with Gasteiger partial charge in [-0.05, 0) is 83.1 Å². The lowest BCUT2D eigenvalue weighted by atomic mass is 9.87. The average molecular weight is 542 g/mol. The summed E-state index contributed by atoms with van der Waals surface area (Å²) in [6.45, 7) is 7.17. The predicted octanol–water partition coefficient (Wildman–Crippen LogP) is 5.41. The highest BCUT2D eigenvalue weighted by Crippen LogP contribution is 2.37. The number of amides is 3. The molecule has 38 heavy (non-hydrogen) atoms. The molecule has 8 nitrogen and oxygen atoms in total. The highest BCUT2D eigenvalue weighted by molar-refractivity contribution is 7.98. The Kier molecular flexibility index (Phi) is 10.1. The van der Waals surface area contributed by atoms with Gasteiger partial charge < -0.3 is 25.4 Å². The van der Waals surface area contributed by atoms with Gasteiger partial charge in [0, 0.05) is 17.3 Å². The number of benzene rings is 2. The number of para-hydroxylation sites is 2. The maximum atomic E-state index is 14.2. The zero-order valence-corrected chi connectivity index (χ0v) is 23.6.